The summed E-state index contributed by atoms with van der Waals surface area (Å²) in [5.41, 5.74) is 8.11. The smallest absolute Gasteiger partial charge is 0.255 e. The number of pyridine rings is 1. The van der Waals surface area contributed by atoms with E-state index >= 15 is 0 Å². The van der Waals surface area contributed by atoms with Crippen molar-refractivity contribution in [3.8, 4) is 22.4 Å². The summed E-state index contributed by atoms with van der Waals surface area (Å²) in [6, 6.07) is 11.8. The number of fused-ring (bicyclic) bond motifs is 1. The van der Waals surface area contributed by atoms with E-state index in [1.54, 1.807) is 30.3 Å². The Morgan fingerprint density at radius 3 is 2.46 bits per heavy atom. The highest BCUT2D eigenvalue weighted by atomic mass is 19.3. The van der Waals surface area contributed by atoms with Crippen molar-refractivity contribution in [1.29, 1.82) is 0 Å². The number of piperidine rings is 1. The maximum atomic E-state index is 14.6. The van der Waals surface area contributed by atoms with E-state index in [4.69, 9.17) is 10.2 Å². The molecule has 1 fully saturated rings. The second-order valence-corrected chi connectivity index (χ2v) is 8.56. The predicted molar refractivity (Wildman–Crippen MR) is 123 cm³/mol. The molecule has 3 heterocycles. The van der Waals surface area contributed by atoms with Gasteiger partial charge in [0.05, 0.1) is 17.8 Å². The standard InChI is InChI=1S/C26H21F4N3O2/c27-18-2-3-20(22(28)12-18)21-11-16(9-17-10-19(13-31)35-24(17)21)23-4-1-15(14-32-23)25(34)33-7-5-26(29,30)6-8-33/h1-4,9-12,14H,5-8,13,31H2. The Labute approximate surface area is 198 Å². The molecule has 0 atom stereocenters. The number of alkyl halides is 2. The summed E-state index contributed by atoms with van der Waals surface area (Å²) in [6.07, 6.45) is 0.679. The Kier molecular flexibility index (Phi) is 5.80. The molecule has 0 radical (unpaired) electrons. The van der Waals surface area contributed by atoms with Crippen LogP contribution < -0.4 is 5.73 Å². The lowest BCUT2D eigenvalue weighted by Crippen LogP contribution is -2.42. The van der Waals surface area contributed by atoms with Crippen LogP contribution in [0.4, 0.5) is 17.6 Å². The summed E-state index contributed by atoms with van der Waals surface area (Å²) in [4.78, 5) is 18.5. The van der Waals surface area contributed by atoms with Crippen LogP contribution in [0.5, 0.6) is 0 Å². The van der Waals surface area contributed by atoms with Crippen molar-refractivity contribution in [2.45, 2.75) is 25.3 Å². The second kappa shape index (κ2) is 8.81. The number of likely N-dealkylation sites (tertiary alicyclic amines) is 1. The first-order valence-electron chi connectivity index (χ1n) is 11.1. The zero-order chi connectivity index (χ0) is 24.7. The van der Waals surface area contributed by atoms with Gasteiger partial charge in [0.15, 0.2) is 0 Å². The lowest BCUT2D eigenvalue weighted by Gasteiger charge is -2.31. The number of aromatic nitrogens is 1. The molecule has 0 aliphatic carbocycles. The van der Waals surface area contributed by atoms with Crippen molar-refractivity contribution < 1.29 is 26.8 Å². The topological polar surface area (TPSA) is 72.4 Å². The van der Waals surface area contributed by atoms with Gasteiger partial charge in [-0.1, -0.05) is 0 Å². The average Bonchev–Trinajstić information content (AvgIpc) is 3.27. The lowest BCUT2D eigenvalue weighted by molar-refractivity contribution is -0.0494. The van der Waals surface area contributed by atoms with E-state index in [9.17, 15) is 22.4 Å². The molecule has 2 aromatic heterocycles. The number of benzene rings is 2. The van der Waals surface area contributed by atoms with Crippen LogP contribution in [0.3, 0.4) is 0 Å². The molecule has 1 saturated heterocycles. The molecule has 5 rings (SSSR count). The van der Waals surface area contributed by atoms with Crippen LogP contribution in [0.2, 0.25) is 0 Å². The Morgan fingerprint density at radius 1 is 1.03 bits per heavy atom. The molecule has 5 nitrogen and oxygen atoms in total. The zero-order valence-corrected chi connectivity index (χ0v) is 18.5. The van der Waals surface area contributed by atoms with E-state index in [1.165, 1.54) is 23.2 Å². The Balaban J connectivity index is 1.50. The molecule has 2 N–H and O–H groups in total. The molecule has 0 spiro atoms. The maximum Gasteiger partial charge on any atom is 0.255 e. The first-order chi connectivity index (χ1) is 16.7. The zero-order valence-electron chi connectivity index (χ0n) is 18.5. The fraction of sp³-hybridized carbons (Fsp3) is 0.231. The van der Waals surface area contributed by atoms with Gasteiger partial charge in [0.1, 0.15) is 23.0 Å². The Morgan fingerprint density at radius 2 is 1.80 bits per heavy atom. The van der Waals surface area contributed by atoms with Crippen LogP contribution in [0.25, 0.3) is 33.4 Å². The maximum absolute atomic E-state index is 14.6. The molecule has 9 heteroatoms. The van der Waals surface area contributed by atoms with Crippen molar-refractivity contribution in [2.24, 2.45) is 5.73 Å². The molecule has 1 aliphatic rings. The van der Waals surface area contributed by atoms with Crippen molar-refractivity contribution in [3.05, 3.63) is 77.7 Å². The molecule has 35 heavy (non-hydrogen) atoms. The van der Waals surface area contributed by atoms with E-state index in [1.807, 2.05) is 0 Å². The molecular weight excluding hydrogens is 462 g/mol. The van der Waals surface area contributed by atoms with E-state index in [0.29, 0.717) is 39.1 Å². The van der Waals surface area contributed by atoms with E-state index < -0.39 is 17.6 Å². The minimum absolute atomic E-state index is 0.0131. The molecule has 180 valence electrons. The van der Waals surface area contributed by atoms with Gasteiger partial charge in [-0.2, -0.15) is 0 Å². The third-order valence-electron chi connectivity index (χ3n) is 6.18. The van der Waals surface area contributed by atoms with E-state index in [2.05, 4.69) is 4.98 Å². The number of amides is 1. The van der Waals surface area contributed by atoms with Gasteiger partial charge in [-0.05, 0) is 42.5 Å². The average molecular weight is 483 g/mol. The summed E-state index contributed by atoms with van der Waals surface area (Å²) in [6.45, 7) is 0.120. The third-order valence-corrected chi connectivity index (χ3v) is 6.18. The van der Waals surface area contributed by atoms with E-state index in [-0.39, 0.29) is 43.9 Å². The third kappa shape index (κ3) is 4.51. The minimum Gasteiger partial charge on any atom is -0.459 e. The van der Waals surface area contributed by atoms with Crippen molar-refractivity contribution in [2.75, 3.05) is 13.1 Å². The number of carbonyl (C=O) groups excluding carboxylic acids is 1. The molecule has 0 bridgehead atoms. The number of nitrogens with two attached hydrogens (primary N) is 1. The molecule has 0 unspecified atom stereocenters. The minimum atomic E-state index is -2.74. The normalized spacial score (nSPS) is 15.5. The Hall–Kier alpha value is -3.72. The first-order valence-corrected chi connectivity index (χ1v) is 11.1. The Bertz CT molecular complexity index is 1410. The fourth-order valence-corrected chi connectivity index (χ4v) is 4.27. The van der Waals surface area contributed by atoms with Gasteiger partial charge in [-0.25, -0.2) is 17.6 Å². The largest absolute Gasteiger partial charge is 0.459 e. The van der Waals surface area contributed by atoms with Crippen LogP contribution in [-0.2, 0) is 6.54 Å². The quantitative estimate of drug-likeness (QED) is 0.374. The van der Waals surface area contributed by atoms with Gasteiger partial charge in [-0.3, -0.25) is 9.78 Å². The monoisotopic (exact) mass is 483 g/mol. The number of nitrogens with zero attached hydrogens (tertiary/aromatic N) is 2. The first kappa shape index (κ1) is 23.0. The van der Waals surface area contributed by atoms with Crippen LogP contribution in [0.15, 0.2) is 59.1 Å². The summed E-state index contributed by atoms with van der Waals surface area (Å²) in [5, 5.41) is 0.665. The summed E-state index contributed by atoms with van der Waals surface area (Å²) >= 11 is 0. The number of halogens is 4. The fourth-order valence-electron chi connectivity index (χ4n) is 4.27. The molecular formula is C26H21F4N3O2. The van der Waals surface area contributed by atoms with Crippen LogP contribution >= 0.6 is 0 Å². The van der Waals surface area contributed by atoms with Crippen LogP contribution in [-0.4, -0.2) is 34.8 Å². The molecule has 1 amide bonds. The van der Waals surface area contributed by atoms with Crippen molar-refractivity contribution >= 4 is 16.9 Å². The van der Waals surface area contributed by atoms with Crippen LogP contribution in [0.1, 0.15) is 29.0 Å². The summed E-state index contributed by atoms with van der Waals surface area (Å²) in [5.74, 6) is -4.03. The highest BCUT2D eigenvalue weighted by molar-refractivity contribution is 5.97. The molecule has 2 aromatic carbocycles. The number of hydrogen-bond donors (Lipinski definition) is 1. The van der Waals surface area contributed by atoms with Gasteiger partial charge >= 0.3 is 0 Å². The predicted octanol–water partition coefficient (Wildman–Crippen LogP) is 5.77. The van der Waals surface area contributed by atoms with Gasteiger partial charge in [0, 0.05) is 60.3 Å². The molecule has 4 aromatic rings. The second-order valence-electron chi connectivity index (χ2n) is 8.56. The van der Waals surface area contributed by atoms with E-state index in [0.717, 1.165) is 6.07 Å². The lowest BCUT2D eigenvalue weighted by atomic mass is 9.98. The summed E-state index contributed by atoms with van der Waals surface area (Å²) in [7, 11) is 0. The molecule has 1 aliphatic heterocycles. The SMILES string of the molecule is NCc1cc2cc(-c3ccc(C(=O)N4CCC(F)(F)CC4)cn3)cc(-c3ccc(F)cc3F)c2o1. The molecule has 0 saturated carbocycles. The van der Waals surface area contributed by atoms with Crippen molar-refractivity contribution in [3.63, 3.8) is 0 Å². The number of rotatable bonds is 4. The summed E-state index contributed by atoms with van der Waals surface area (Å²) < 4.78 is 60.8. The number of carbonyl (C=O) groups is 1. The number of hydrogen-bond acceptors (Lipinski definition) is 4. The van der Waals surface area contributed by atoms with Gasteiger partial charge < -0.3 is 15.1 Å². The highest BCUT2D eigenvalue weighted by Gasteiger charge is 2.35. The highest BCUT2D eigenvalue weighted by Crippen LogP contribution is 2.37. The van der Waals surface area contributed by atoms with Gasteiger partial charge in [-0.15, -0.1) is 0 Å². The van der Waals surface area contributed by atoms with Gasteiger partial charge in [0.25, 0.3) is 11.8 Å². The number of furan rings is 1. The van der Waals surface area contributed by atoms with Crippen LogP contribution in [0, 0.1) is 11.6 Å². The van der Waals surface area contributed by atoms with Crippen molar-refractivity contribution in [1.82, 2.24) is 9.88 Å². The van der Waals surface area contributed by atoms with Gasteiger partial charge in [0.2, 0.25) is 0 Å².